The van der Waals surface area contributed by atoms with Crippen LogP contribution in [0.4, 0.5) is 10.1 Å². The zero-order valence-corrected chi connectivity index (χ0v) is 22.6. The molecule has 2 atom stereocenters. The Kier molecular flexibility index (Phi) is 7.57. The maximum absolute atomic E-state index is 14.0. The normalized spacial score (nSPS) is 18.9. The lowest BCUT2D eigenvalue weighted by Crippen LogP contribution is -2.46. The minimum atomic E-state index is -0.718. The summed E-state index contributed by atoms with van der Waals surface area (Å²) >= 11 is 0. The highest BCUT2D eigenvalue weighted by Crippen LogP contribution is 2.30. The number of hydrogen-bond acceptors (Lipinski definition) is 5. The molecule has 0 radical (unpaired) electrons. The van der Waals surface area contributed by atoms with Crippen molar-refractivity contribution in [3.63, 3.8) is 0 Å². The van der Waals surface area contributed by atoms with E-state index in [9.17, 15) is 23.6 Å². The van der Waals surface area contributed by atoms with Gasteiger partial charge in [-0.15, -0.1) is 0 Å². The Balaban J connectivity index is 1.39. The van der Waals surface area contributed by atoms with Crippen LogP contribution >= 0.6 is 0 Å². The molecule has 1 heterocycles. The largest absolute Gasteiger partial charge is 0.349 e. The monoisotopic (exact) mass is 545 g/mol. The molecule has 5 rings (SSSR count). The highest BCUT2D eigenvalue weighted by Gasteiger charge is 2.33. The van der Waals surface area contributed by atoms with Crippen molar-refractivity contribution in [2.75, 3.05) is 5.32 Å². The van der Waals surface area contributed by atoms with Crippen molar-refractivity contribution in [1.29, 1.82) is 5.26 Å². The van der Waals surface area contributed by atoms with Crippen molar-refractivity contribution in [2.45, 2.75) is 71.0 Å². The molecule has 2 aromatic carbocycles. The molecular weight excluding hydrogens is 513 g/mol. The van der Waals surface area contributed by atoms with E-state index in [2.05, 4.69) is 10.6 Å². The molecule has 10 heteroatoms. The van der Waals surface area contributed by atoms with Gasteiger partial charge >= 0.3 is 5.69 Å². The third-order valence-electron chi connectivity index (χ3n) is 7.86. The van der Waals surface area contributed by atoms with Crippen LogP contribution in [-0.4, -0.2) is 27.0 Å². The van der Waals surface area contributed by atoms with Crippen LogP contribution in [0.3, 0.4) is 0 Å². The number of carbonyl (C=O) groups excluding carboxylic acids is 2. The lowest BCUT2D eigenvalue weighted by molar-refractivity contribution is -0.121. The van der Waals surface area contributed by atoms with Crippen LogP contribution < -0.4 is 21.9 Å². The van der Waals surface area contributed by atoms with Gasteiger partial charge in [0.1, 0.15) is 11.9 Å². The maximum Gasteiger partial charge on any atom is 0.331 e. The SMILES string of the molecule is CC(C)n1c(=O)n(CC2CC2)c(=O)c2cc(C(=O)N[C@@H]3CCCC[C@H]3C(=O)Nc3ccc(C#N)c(F)c3)ccc21. The van der Waals surface area contributed by atoms with Crippen LogP contribution in [0, 0.1) is 29.0 Å². The van der Waals surface area contributed by atoms with Gasteiger partial charge in [-0.2, -0.15) is 5.26 Å². The number of amides is 2. The van der Waals surface area contributed by atoms with Crippen molar-refractivity contribution in [1.82, 2.24) is 14.5 Å². The molecule has 2 amide bonds. The van der Waals surface area contributed by atoms with Crippen molar-refractivity contribution in [3.05, 3.63) is 74.2 Å². The summed E-state index contributed by atoms with van der Waals surface area (Å²) in [7, 11) is 0. The molecule has 2 aliphatic rings. The van der Waals surface area contributed by atoms with E-state index in [1.54, 1.807) is 22.8 Å². The topological polar surface area (TPSA) is 126 Å². The van der Waals surface area contributed by atoms with E-state index in [1.165, 1.54) is 22.8 Å². The number of nitrogens with one attached hydrogen (secondary N) is 2. The Morgan fingerprint density at radius 2 is 1.82 bits per heavy atom. The molecule has 2 fully saturated rings. The summed E-state index contributed by atoms with van der Waals surface area (Å²) in [5.74, 6) is -1.67. The molecule has 0 aliphatic heterocycles. The van der Waals surface area contributed by atoms with Crippen LogP contribution in [0.1, 0.15) is 74.3 Å². The predicted molar refractivity (Wildman–Crippen MR) is 149 cm³/mol. The molecule has 9 nitrogen and oxygen atoms in total. The summed E-state index contributed by atoms with van der Waals surface area (Å²) in [6.07, 6.45) is 4.79. The second kappa shape index (κ2) is 11.1. The average Bonchev–Trinajstić information content (AvgIpc) is 3.75. The highest BCUT2D eigenvalue weighted by atomic mass is 19.1. The summed E-state index contributed by atoms with van der Waals surface area (Å²) in [4.78, 5) is 53.0. The summed E-state index contributed by atoms with van der Waals surface area (Å²) < 4.78 is 16.9. The van der Waals surface area contributed by atoms with E-state index in [1.807, 2.05) is 13.8 Å². The fraction of sp³-hybridized carbons (Fsp3) is 0.433. The van der Waals surface area contributed by atoms with E-state index in [4.69, 9.17) is 5.26 Å². The van der Waals surface area contributed by atoms with Gasteiger partial charge in [0.15, 0.2) is 0 Å². The minimum absolute atomic E-state index is 0.110. The fourth-order valence-corrected chi connectivity index (χ4v) is 5.53. The van der Waals surface area contributed by atoms with Gasteiger partial charge in [0, 0.05) is 29.9 Å². The molecule has 0 bridgehead atoms. The van der Waals surface area contributed by atoms with Crippen molar-refractivity contribution < 1.29 is 14.0 Å². The maximum atomic E-state index is 14.0. The number of carbonyl (C=O) groups is 2. The van der Waals surface area contributed by atoms with Gasteiger partial charge in [-0.1, -0.05) is 12.8 Å². The van der Waals surface area contributed by atoms with Gasteiger partial charge in [0.25, 0.3) is 11.5 Å². The third-order valence-corrected chi connectivity index (χ3v) is 7.86. The van der Waals surface area contributed by atoms with E-state index in [0.717, 1.165) is 31.7 Å². The van der Waals surface area contributed by atoms with Gasteiger partial charge in [-0.25, -0.2) is 9.18 Å². The van der Waals surface area contributed by atoms with Gasteiger partial charge in [-0.3, -0.25) is 23.5 Å². The Bertz CT molecular complexity index is 1650. The first kappa shape index (κ1) is 27.3. The Labute approximate surface area is 230 Å². The van der Waals surface area contributed by atoms with Gasteiger partial charge in [-0.05, 0) is 81.8 Å². The average molecular weight is 546 g/mol. The molecule has 0 saturated heterocycles. The van der Waals surface area contributed by atoms with Gasteiger partial charge < -0.3 is 10.6 Å². The molecule has 1 aromatic heterocycles. The quantitative estimate of drug-likeness (QED) is 0.463. The Morgan fingerprint density at radius 1 is 1.07 bits per heavy atom. The number of fused-ring (bicyclic) bond motifs is 1. The fourth-order valence-electron chi connectivity index (χ4n) is 5.53. The minimum Gasteiger partial charge on any atom is -0.349 e. The zero-order chi connectivity index (χ0) is 28.6. The summed E-state index contributed by atoms with van der Waals surface area (Å²) in [6, 6.07) is 9.78. The molecule has 208 valence electrons. The number of benzene rings is 2. The lowest BCUT2D eigenvalue weighted by Gasteiger charge is -2.31. The van der Waals surface area contributed by atoms with Crippen LogP contribution in [-0.2, 0) is 11.3 Å². The number of hydrogen-bond donors (Lipinski definition) is 2. The standard InChI is InChI=1S/C30H32FN5O4/c1-17(2)36-26-12-10-19(13-23(26)29(39)35(30(36)40)16-18-7-8-18)27(37)34-25-6-4-3-5-22(25)28(38)33-21-11-9-20(15-32)24(31)14-21/h9-14,17-18,22,25H,3-8,16H2,1-2H3,(H,33,38)(H,34,37)/t22-,25-/m1/s1. The first-order valence-electron chi connectivity index (χ1n) is 13.8. The molecule has 3 aromatic rings. The highest BCUT2D eigenvalue weighted by molar-refractivity contribution is 5.99. The molecule has 2 N–H and O–H groups in total. The first-order chi connectivity index (χ1) is 19.2. The molecular formula is C30H32FN5O4. The smallest absolute Gasteiger partial charge is 0.331 e. The number of rotatable bonds is 7. The number of halogens is 1. The molecule has 2 aliphatic carbocycles. The van der Waals surface area contributed by atoms with E-state index in [-0.39, 0.29) is 34.5 Å². The molecule has 40 heavy (non-hydrogen) atoms. The Hall–Kier alpha value is -4.26. The number of aromatic nitrogens is 2. The number of anilines is 1. The second-order valence-corrected chi connectivity index (χ2v) is 11.1. The molecule has 0 unspecified atom stereocenters. The Morgan fingerprint density at radius 3 is 2.50 bits per heavy atom. The summed E-state index contributed by atoms with van der Waals surface area (Å²) in [6.45, 7) is 4.14. The number of nitrogens with zero attached hydrogens (tertiary/aromatic N) is 3. The summed E-state index contributed by atoms with van der Waals surface area (Å²) in [5.41, 5.74) is 0.151. The van der Waals surface area contributed by atoms with Crippen LogP contribution in [0.15, 0.2) is 46.0 Å². The van der Waals surface area contributed by atoms with Crippen molar-refractivity contribution >= 4 is 28.4 Å². The number of nitriles is 1. The predicted octanol–water partition coefficient (Wildman–Crippen LogP) is 4.09. The van der Waals surface area contributed by atoms with Crippen molar-refractivity contribution in [3.8, 4) is 6.07 Å². The first-order valence-corrected chi connectivity index (χ1v) is 13.8. The van der Waals surface area contributed by atoms with Crippen LogP contribution in [0.25, 0.3) is 10.9 Å². The summed E-state index contributed by atoms with van der Waals surface area (Å²) in [5, 5.41) is 14.9. The van der Waals surface area contributed by atoms with Crippen LogP contribution in [0.5, 0.6) is 0 Å². The lowest BCUT2D eigenvalue weighted by atomic mass is 9.83. The second-order valence-electron chi connectivity index (χ2n) is 11.1. The van der Waals surface area contributed by atoms with E-state index < -0.39 is 29.2 Å². The van der Waals surface area contributed by atoms with Crippen LogP contribution in [0.2, 0.25) is 0 Å². The van der Waals surface area contributed by atoms with E-state index >= 15 is 0 Å². The van der Waals surface area contributed by atoms with Gasteiger partial charge in [0.05, 0.1) is 22.4 Å². The van der Waals surface area contributed by atoms with Crippen molar-refractivity contribution in [2.24, 2.45) is 11.8 Å². The van der Waals surface area contributed by atoms with Gasteiger partial charge in [0.2, 0.25) is 5.91 Å². The van der Waals surface area contributed by atoms with E-state index in [0.29, 0.717) is 36.2 Å². The third kappa shape index (κ3) is 5.41. The zero-order valence-electron chi connectivity index (χ0n) is 22.6. The molecule has 0 spiro atoms. The molecule has 2 saturated carbocycles.